The monoisotopic (exact) mass is 406 g/mol. The predicted molar refractivity (Wildman–Crippen MR) is 115 cm³/mol. The number of hydrogen-bond donors (Lipinski definition) is 2. The Morgan fingerprint density at radius 3 is 1.57 bits per heavy atom. The maximum Gasteiger partial charge on any atom is 0.237 e. The summed E-state index contributed by atoms with van der Waals surface area (Å²) in [6, 6.07) is 15.2. The van der Waals surface area contributed by atoms with E-state index in [-0.39, 0.29) is 36.2 Å². The molecular weight excluding hydrogens is 376 g/mol. The summed E-state index contributed by atoms with van der Waals surface area (Å²) in [7, 11) is 3.29. The van der Waals surface area contributed by atoms with Crippen molar-refractivity contribution in [1.29, 1.82) is 0 Å². The molecule has 2 rings (SSSR count). The Morgan fingerprint density at radius 2 is 1.25 bits per heavy atom. The molecule has 5 nitrogen and oxygen atoms in total. The summed E-state index contributed by atoms with van der Waals surface area (Å²) in [5.74, 6) is 1.52. The zero-order chi connectivity index (χ0) is 20.0. The Balaban J connectivity index is 0.00000392. The molecule has 0 saturated carbocycles. The zero-order valence-electron chi connectivity index (χ0n) is 17.1. The quantitative estimate of drug-likeness (QED) is 0.700. The Bertz CT molecular complexity index is 685. The highest BCUT2D eigenvalue weighted by Gasteiger charge is 2.26. The number of ether oxygens (including phenoxy) is 2. The van der Waals surface area contributed by atoms with E-state index in [0.717, 1.165) is 22.6 Å². The molecule has 0 saturated heterocycles. The average Bonchev–Trinajstić information content (AvgIpc) is 2.68. The molecule has 0 fully saturated rings. The third-order valence-corrected chi connectivity index (χ3v) is 4.84. The van der Waals surface area contributed by atoms with Gasteiger partial charge in [0.25, 0.3) is 0 Å². The Morgan fingerprint density at radius 1 is 0.857 bits per heavy atom. The summed E-state index contributed by atoms with van der Waals surface area (Å²) in [5, 5.41) is 3.09. The number of methoxy groups -OCH3 is 2. The van der Waals surface area contributed by atoms with Crippen LogP contribution in [0.4, 0.5) is 0 Å². The van der Waals surface area contributed by atoms with Gasteiger partial charge in [-0.25, -0.2) is 0 Å². The van der Waals surface area contributed by atoms with Crippen LogP contribution in [0.15, 0.2) is 48.5 Å². The minimum atomic E-state index is -0.528. The lowest BCUT2D eigenvalue weighted by atomic mass is 9.85. The van der Waals surface area contributed by atoms with Crippen molar-refractivity contribution in [3.8, 4) is 11.5 Å². The van der Waals surface area contributed by atoms with E-state index in [1.54, 1.807) is 14.2 Å². The van der Waals surface area contributed by atoms with Crippen LogP contribution in [0, 0.1) is 5.92 Å². The number of nitrogens with one attached hydrogen (secondary N) is 1. The van der Waals surface area contributed by atoms with Crippen LogP contribution in [-0.4, -0.2) is 32.2 Å². The van der Waals surface area contributed by atoms with Crippen LogP contribution in [-0.2, 0) is 4.79 Å². The molecule has 2 aromatic carbocycles. The molecule has 6 heteroatoms. The molecule has 0 unspecified atom stereocenters. The highest BCUT2D eigenvalue weighted by atomic mass is 35.5. The van der Waals surface area contributed by atoms with E-state index >= 15 is 0 Å². The minimum Gasteiger partial charge on any atom is -0.497 e. The number of halogens is 1. The molecule has 0 aliphatic carbocycles. The van der Waals surface area contributed by atoms with Gasteiger partial charge >= 0.3 is 0 Å². The van der Waals surface area contributed by atoms with Gasteiger partial charge in [0.15, 0.2) is 0 Å². The van der Waals surface area contributed by atoms with Crippen LogP contribution in [0.5, 0.6) is 11.5 Å². The Kier molecular flexibility index (Phi) is 9.29. The summed E-state index contributed by atoms with van der Waals surface area (Å²) in [5.41, 5.74) is 8.20. The summed E-state index contributed by atoms with van der Waals surface area (Å²) in [6.07, 6.45) is 0. The smallest absolute Gasteiger partial charge is 0.237 e. The first-order valence-electron chi connectivity index (χ1n) is 9.21. The van der Waals surface area contributed by atoms with Gasteiger partial charge in [-0.3, -0.25) is 4.79 Å². The van der Waals surface area contributed by atoms with Crippen molar-refractivity contribution in [2.24, 2.45) is 11.7 Å². The van der Waals surface area contributed by atoms with Crippen molar-refractivity contribution in [2.45, 2.75) is 38.8 Å². The molecule has 0 aliphatic rings. The average molecular weight is 407 g/mol. The molecule has 2 aromatic rings. The number of amides is 1. The third-order valence-electron chi connectivity index (χ3n) is 4.84. The van der Waals surface area contributed by atoms with Crippen LogP contribution in [0.1, 0.15) is 37.8 Å². The summed E-state index contributed by atoms with van der Waals surface area (Å²) in [6.45, 7) is 5.89. The standard InChI is InChI=1S/C22H30N2O3.ClH/c1-14(2)21(23)22(25)24-15(3)20(16-6-10-18(26-4)11-7-16)17-8-12-19(27-5)13-9-17;/h6-15,20-21H,23H2,1-5H3,(H,24,25);1H/t15-,21-;/m0./s1. The fraction of sp³-hybridized carbons (Fsp3) is 0.409. The van der Waals surface area contributed by atoms with Crippen molar-refractivity contribution in [1.82, 2.24) is 5.32 Å². The molecule has 154 valence electrons. The van der Waals surface area contributed by atoms with E-state index in [9.17, 15) is 4.79 Å². The molecule has 28 heavy (non-hydrogen) atoms. The van der Waals surface area contributed by atoms with Gasteiger partial charge in [0, 0.05) is 12.0 Å². The molecule has 0 heterocycles. The second-order valence-corrected chi connectivity index (χ2v) is 7.09. The van der Waals surface area contributed by atoms with Gasteiger partial charge in [-0.15, -0.1) is 12.4 Å². The molecule has 0 spiro atoms. The largest absolute Gasteiger partial charge is 0.497 e. The Labute approximate surface area is 174 Å². The van der Waals surface area contributed by atoms with E-state index in [1.807, 2.05) is 69.3 Å². The van der Waals surface area contributed by atoms with Gasteiger partial charge in [0.2, 0.25) is 5.91 Å². The highest BCUT2D eigenvalue weighted by Crippen LogP contribution is 2.30. The van der Waals surface area contributed by atoms with Crippen molar-refractivity contribution in [2.75, 3.05) is 14.2 Å². The first-order valence-corrected chi connectivity index (χ1v) is 9.21. The summed E-state index contributed by atoms with van der Waals surface area (Å²) >= 11 is 0. The van der Waals surface area contributed by atoms with Gasteiger partial charge in [0.1, 0.15) is 11.5 Å². The van der Waals surface area contributed by atoms with Gasteiger partial charge in [-0.1, -0.05) is 38.1 Å². The molecule has 0 bridgehead atoms. The van der Waals surface area contributed by atoms with E-state index in [1.165, 1.54) is 0 Å². The molecule has 2 atom stereocenters. The molecule has 0 aliphatic heterocycles. The fourth-order valence-corrected chi connectivity index (χ4v) is 3.10. The van der Waals surface area contributed by atoms with Crippen molar-refractivity contribution >= 4 is 18.3 Å². The summed E-state index contributed by atoms with van der Waals surface area (Å²) < 4.78 is 10.5. The topological polar surface area (TPSA) is 73.6 Å². The van der Waals surface area contributed by atoms with Gasteiger partial charge in [0.05, 0.1) is 20.3 Å². The zero-order valence-corrected chi connectivity index (χ0v) is 18.0. The maximum absolute atomic E-state index is 12.5. The first kappa shape index (κ1) is 23.8. The van der Waals surface area contributed by atoms with Crippen LogP contribution in [0.3, 0.4) is 0 Å². The molecule has 3 N–H and O–H groups in total. The van der Waals surface area contributed by atoms with Crippen LogP contribution < -0.4 is 20.5 Å². The lowest BCUT2D eigenvalue weighted by Crippen LogP contribution is -2.48. The number of carbonyl (C=O) groups excluding carboxylic acids is 1. The normalized spacial score (nSPS) is 12.9. The second-order valence-electron chi connectivity index (χ2n) is 7.09. The van der Waals surface area contributed by atoms with Gasteiger partial charge in [-0.05, 0) is 48.2 Å². The highest BCUT2D eigenvalue weighted by molar-refractivity contribution is 5.85. The molecule has 0 radical (unpaired) electrons. The van der Waals surface area contributed by atoms with Crippen LogP contribution in [0.2, 0.25) is 0 Å². The van der Waals surface area contributed by atoms with Crippen LogP contribution in [0.25, 0.3) is 0 Å². The third kappa shape index (κ3) is 5.88. The number of carbonyl (C=O) groups is 1. The number of nitrogens with two attached hydrogens (primary N) is 1. The first-order chi connectivity index (χ1) is 12.9. The molecule has 1 amide bonds. The van der Waals surface area contributed by atoms with E-state index in [0.29, 0.717) is 0 Å². The summed E-state index contributed by atoms with van der Waals surface area (Å²) in [4.78, 5) is 12.5. The van der Waals surface area contributed by atoms with Gasteiger partial charge in [-0.2, -0.15) is 0 Å². The van der Waals surface area contributed by atoms with Crippen molar-refractivity contribution in [3.63, 3.8) is 0 Å². The van der Waals surface area contributed by atoms with Crippen LogP contribution >= 0.6 is 12.4 Å². The van der Waals surface area contributed by atoms with E-state index in [2.05, 4.69) is 5.32 Å². The number of hydrogen-bond acceptors (Lipinski definition) is 4. The van der Waals surface area contributed by atoms with Gasteiger partial charge < -0.3 is 20.5 Å². The maximum atomic E-state index is 12.5. The number of benzene rings is 2. The lowest BCUT2D eigenvalue weighted by molar-refractivity contribution is -0.123. The van der Waals surface area contributed by atoms with E-state index in [4.69, 9.17) is 15.2 Å². The Hall–Kier alpha value is -2.24. The fourth-order valence-electron chi connectivity index (χ4n) is 3.10. The minimum absolute atomic E-state index is 0. The van der Waals surface area contributed by atoms with E-state index < -0.39 is 6.04 Å². The molecular formula is C22H31ClN2O3. The SMILES string of the molecule is COc1ccc(C(c2ccc(OC)cc2)[C@H](C)NC(=O)[C@@H](N)C(C)C)cc1.Cl. The number of rotatable bonds is 8. The molecule has 0 aromatic heterocycles. The van der Waals surface area contributed by atoms with Crippen molar-refractivity contribution in [3.05, 3.63) is 59.7 Å². The second kappa shape index (κ2) is 10.9. The predicted octanol–water partition coefficient (Wildman–Crippen LogP) is 3.75. The lowest BCUT2D eigenvalue weighted by Gasteiger charge is -2.28. The van der Waals surface area contributed by atoms with Crippen molar-refractivity contribution < 1.29 is 14.3 Å².